The fraction of sp³-hybridized carbons (Fsp3) is 0.111. The Morgan fingerprint density at radius 3 is 2.75 bits per heavy atom. The largest absolute Gasteiger partial charge is 0.489 e. The van der Waals surface area contributed by atoms with E-state index in [9.17, 15) is 9.18 Å². The molecule has 1 amide bonds. The number of likely N-dealkylation sites (N-methyl/N-ethyl adjacent to an activating group) is 1. The van der Waals surface area contributed by atoms with Gasteiger partial charge in [-0.2, -0.15) is 0 Å². The van der Waals surface area contributed by atoms with E-state index < -0.39 is 0 Å². The minimum absolute atomic E-state index is 0.109. The SMILES string of the molecule is CN1C(=O)C(=Cc2cccc(OCc3ccccc3F)c2)SC1=S. The van der Waals surface area contributed by atoms with Crippen LogP contribution in [0.3, 0.4) is 0 Å². The van der Waals surface area contributed by atoms with Crippen LogP contribution in [0.2, 0.25) is 0 Å². The third kappa shape index (κ3) is 3.66. The van der Waals surface area contributed by atoms with Gasteiger partial charge in [0.25, 0.3) is 5.91 Å². The van der Waals surface area contributed by atoms with E-state index in [0.717, 1.165) is 5.56 Å². The number of hydrogen-bond acceptors (Lipinski definition) is 4. The van der Waals surface area contributed by atoms with E-state index in [1.807, 2.05) is 18.2 Å². The number of thiocarbonyl (C=S) groups is 1. The lowest BCUT2D eigenvalue weighted by Crippen LogP contribution is -2.22. The fourth-order valence-electron chi connectivity index (χ4n) is 2.17. The smallest absolute Gasteiger partial charge is 0.265 e. The van der Waals surface area contributed by atoms with Crippen molar-refractivity contribution in [1.29, 1.82) is 0 Å². The molecular weight excluding hydrogens is 345 g/mol. The van der Waals surface area contributed by atoms with E-state index in [0.29, 0.717) is 20.5 Å². The van der Waals surface area contributed by atoms with E-state index in [2.05, 4.69) is 0 Å². The van der Waals surface area contributed by atoms with Gasteiger partial charge in [0.05, 0.1) is 4.91 Å². The van der Waals surface area contributed by atoms with Crippen molar-refractivity contribution < 1.29 is 13.9 Å². The van der Waals surface area contributed by atoms with Crippen LogP contribution in [0.5, 0.6) is 5.75 Å². The van der Waals surface area contributed by atoms with Crippen LogP contribution in [0.25, 0.3) is 6.08 Å². The van der Waals surface area contributed by atoms with Gasteiger partial charge < -0.3 is 4.74 Å². The van der Waals surface area contributed by atoms with Gasteiger partial charge in [-0.25, -0.2) is 4.39 Å². The third-order valence-electron chi connectivity index (χ3n) is 3.49. The summed E-state index contributed by atoms with van der Waals surface area (Å²) in [6.45, 7) is 0.146. The summed E-state index contributed by atoms with van der Waals surface area (Å²) in [5.41, 5.74) is 1.32. The first-order valence-corrected chi connectivity index (χ1v) is 8.45. The third-order valence-corrected chi connectivity index (χ3v) is 4.98. The van der Waals surface area contributed by atoms with E-state index in [4.69, 9.17) is 17.0 Å². The molecule has 0 aliphatic carbocycles. The minimum atomic E-state index is -0.291. The van der Waals surface area contributed by atoms with Gasteiger partial charge in [0.2, 0.25) is 0 Å². The van der Waals surface area contributed by atoms with Crippen LogP contribution in [0.4, 0.5) is 4.39 Å². The summed E-state index contributed by atoms with van der Waals surface area (Å²) in [6.07, 6.45) is 1.78. The zero-order valence-corrected chi connectivity index (χ0v) is 14.5. The minimum Gasteiger partial charge on any atom is -0.489 e. The molecule has 1 fully saturated rings. The van der Waals surface area contributed by atoms with Gasteiger partial charge in [0.1, 0.15) is 22.5 Å². The fourth-order valence-corrected chi connectivity index (χ4v) is 3.35. The molecule has 0 bridgehead atoms. The molecule has 2 aromatic carbocycles. The van der Waals surface area contributed by atoms with Gasteiger partial charge in [-0.3, -0.25) is 9.69 Å². The summed E-state index contributed by atoms with van der Waals surface area (Å²) in [5, 5.41) is 0. The molecule has 3 nitrogen and oxygen atoms in total. The Labute approximate surface area is 149 Å². The Morgan fingerprint density at radius 1 is 1.25 bits per heavy atom. The number of nitrogens with zero attached hydrogens (tertiary/aromatic N) is 1. The predicted molar refractivity (Wildman–Crippen MR) is 98.1 cm³/mol. The van der Waals surface area contributed by atoms with Gasteiger partial charge in [0.15, 0.2) is 0 Å². The number of halogens is 1. The standard InChI is InChI=1S/C18H14FNO2S2/c1-20-17(21)16(24-18(20)23)10-12-5-4-7-14(9-12)22-11-13-6-2-3-8-15(13)19/h2-10H,11H2,1H3. The van der Waals surface area contributed by atoms with Crippen LogP contribution in [-0.4, -0.2) is 22.2 Å². The average Bonchev–Trinajstić information content (AvgIpc) is 2.81. The number of carbonyl (C=O) groups is 1. The molecule has 0 unspecified atom stereocenters. The molecular formula is C18H14FNO2S2. The first kappa shape index (κ1) is 16.7. The quantitative estimate of drug-likeness (QED) is 0.603. The predicted octanol–water partition coefficient (Wildman–Crippen LogP) is 4.24. The molecule has 0 saturated carbocycles. The Balaban J connectivity index is 1.74. The van der Waals surface area contributed by atoms with Crippen molar-refractivity contribution in [2.45, 2.75) is 6.61 Å². The molecule has 1 aliphatic heterocycles. The Bertz CT molecular complexity index is 835. The van der Waals surface area contributed by atoms with Gasteiger partial charge in [-0.1, -0.05) is 54.3 Å². The molecule has 0 radical (unpaired) electrons. The molecule has 2 aromatic rings. The van der Waals surface area contributed by atoms with Gasteiger partial charge >= 0.3 is 0 Å². The second-order valence-electron chi connectivity index (χ2n) is 5.19. The number of carbonyl (C=O) groups excluding carboxylic acids is 1. The van der Waals surface area contributed by atoms with Gasteiger partial charge in [-0.05, 0) is 29.8 Å². The maximum atomic E-state index is 13.6. The second kappa shape index (κ2) is 7.15. The first-order chi connectivity index (χ1) is 11.5. The highest BCUT2D eigenvalue weighted by Gasteiger charge is 2.28. The van der Waals surface area contributed by atoms with E-state index in [-0.39, 0.29) is 18.3 Å². The van der Waals surface area contributed by atoms with E-state index in [1.54, 1.807) is 37.4 Å². The first-order valence-electron chi connectivity index (χ1n) is 7.22. The number of hydrogen-bond donors (Lipinski definition) is 0. The Hall–Kier alpha value is -2.18. The van der Waals surface area contributed by atoms with Crippen LogP contribution in [0.15, 0.2) is 53.4 Å². The number of benzene rings is 2. The van der Waals surface area contributed by atoms with Crippen molar-refractivity contribution in [3.63, 3.8) is 0 Å². The highest BCUT2D eigenvalue weighted by atomic mass is 32.2. The molecule has 24 heavy (non-hydrogen) atoms. The van der Waals surface area contributed by atoms with Crippen molar-refractivity contribution >= 4 is 40.3 Å². The number of amides is 1. The number of thioether (sulfide) groups is 1. The van der Waals surface area contributed by atoms with Crippen LogP contribution < -0.4 is 4.74 Å². The van der Waals surface area contributed by atoms with Gasteiger partial charge in [-0.15, -0.1) is 0 Å². The molecule has 1 aliphatic rings. The molecule has 0 aromatic heterocycles. The molecule has 3 rings (SSSR count). The van der Waals surface area contributed by atoms with Crippen molar-refractivity contribution in [3.05, 3.63) is 70.4 Å². The van der Waals surface area contributed by atoms with E-state index in [1.165, 1.54) is 22.7 Å². The Morgan fingerprint density at radius 2 is 2.04 bits per heavy atom. The van der Waals surface area contributed by atoms with Crippen molar-refractivity contribution in [2.24, 2.45) is 0 Å². The van der Waals surface area contributed by atoms with Gasteiger partial charge in [0, 0.05) is 12.6 Å². The molecule has 1 saturated heterocycles. The number of rotatable bonds is 4. The van der Waals surface area contributed by atoms with Crippen LogP contribution >= 0.6 is 24.0 Å². The lowest BCUT2D eigenvalue weighted by molar-refractivity contribution is -0.121. The summed E-state index contributed by atoms with van der Waals surface area (Å²) in [7, 11) is 1.66. The van der Waals surface area contributed by atoms with Crippen LogP contribution in [0, 0.1) is 5.82 Å². The van der Waals surface area contributed by atoms with Crippen LogP contribution in [0.1, 0.15) is 11.1 Å². The summed E-state index contributed by atoms with van der Waals surface area (Å²) in [6, 6.07) is 13.8. The van der Waals surface area contributed by atoms with Crippen molar-refractivity contribution in [3.8, 4) is 5.75 Å². The number of ether oxygens (including phenoxy) is 1. The molecule has 0 spiro atoms. The molecule has 6 heteroatoms. The molecule has 0 N–H and O–H groups in total. The molecule has 0 atom stereocenters. The maximum absolute atomic E-state index is 13.6. The second-order valence-corrected chi connectivity index (χ2v) is 6.87. The normalized spacial score (nSPS) is 16.1. The zero-order chi connectivity index (χ0) is 17.1. The highest BCUT2D eigenvalue weighted by molar-refractivity contribution is 8.26. The Kier molecular flexibility index (Phi) is 4.97. The van der Waals surface area contributed by atoms with Crippen molar-refractivity contribution in [2.75, 3.05) is 7.05 Å². The molecule has 1 heterocycles. The van der Waals surface area contributed by atoms with Crippen molar-refractivity contribution in [1.82, 2.24) is 4.90 Å². The highest BCUT2D eigenvalue weighted by Crippen LogP contribution is 2.31. The topological polar surface area (TPSA) is 29.5 Å². The lowest BCUT2D eigenvalue weighted by Gasteiger charge is -2.08. The average molecular weight is 359 g/mol. The summed E-state index contributed by atoms with van der Waals surface area (Å²) < 4.78 is 19.8. The monoisotopic (exact) mass is 359 g/mol. The molecule has 122 valence electrons. The summed E-state index contributed by atoms with van der Waals surface area (Å²) >= 11 is 6.39. The van der Waals surface area contributed by atoms with Crippen LogP contribution in [-0.2, 0) is 11.4 Å². The summed E-state index contributed by atoms with van der Waals surface area (Å²) in [5.74, 6) is 0.210. The van der Waals surface area contributed by atoms with E-state index >= 15 is 0 Å². The summed E-state index contributed by atoms with van der Waals surface area (Å²) in [4.78, 5) is 14.1. The zero-order valence-electron chi connectivity index (χ0n) is 12.9. The maximum Gasteiger partial charge on any atom is 0.265 e. The lowest BCUT2D eigenvalue weighted by atomic mass is 10.2.